The lowest BCUT2D eigenvalue weighted by atomic mass is 10.1. The summed E-state index contributed by atoms with van der Waals surface area (Å²) in [5.74, 6) is 0. The molecule has 0 aliphatic rings. The van der Waals surface area contributed by atoms with Crippen molar-refractivity contribution in [3.05, 3.63) is 29.3 Å². The van der Waals surface area contributed by atoms with E-state index in [1.807, 2.05) is 25.1 Å². The van der Waals surface area contributed by atoms with Gasteiger partial charge in [0, 0.05) is 6.04 Å². The van der Waals surface area contributed by atoms with Gasteiger partial charge in [-0.25, -0.2) is 0 Å². The van der Waals surface area contributed by atoms with Gasteiger partial charge in [-0.3, -0.25) is 0 Å². The van der Waals surface area contributed by atoms with E-state index in [9.17, 15) is 0 Å². The van der Waals surface area contributed by atoms with Crippen LogP contribution < -0.4 is 5.32 Å². The van der Waals surface area contributed by atoms with Gasteiger partial charge in [0.15, 0.2) is 0 Å². The predicted molar refractivity (Wildman–Crippen MR) is 59.3 cm³/mol. The number of hydrogen-bond donors (Lipinski definition) is 1. The lowest BCUT2D eigenvalue weighted by Crippen LogP contribution is -2.14. The van der Waals surface area contributed by atoms with Crippen LogP contribution in [0.1, 0.15) is 31.4 Å². The van der Waals surface area contributed by atoms with E-state index in [1.54, 1.807) is 0 Å². The van der Waals surface area contributed by atoms with Gasteiger partial charge in [0.05, 0.1) is 11.3 Å². The highest BCUT2D eigenvalue weighted by molar-refractivity contribution is 5.58. The van der Waals surface area contributed by atoms with Gasteiger partial charge in [-0.05, 0) is 38.0 Å². The molecule has 0 radical (unpaired) electrons. The van der Waals surface area contributed by atoms with Crippen LogP contribution in [0.15, 0.2) is 18.2 Å². The van der Waals surface area contributed by atoms with Gasteiger partial charge < -0.3 is 5.32 Å². The number of nitrogens with zero attached hydrogens (tertiary/aromatic N) is 1. The van der Waals surface area contributed by atoms with Gasteiger partial charge in [0.25, 0.3) is 0 Å². The highest BCUT2D eigenvalue weighted by Gasteiger charge is 2.04. The number of aryl methyl sites for hydroxylation is 1. The molecule has 74 valence electrons. The molecule has 0 saturated heterocycles. The molecule has 0 aliphatic heterocycles. The van der Waals surface area contributed by atoms with Crippen molar-refractivity contribution in [1.29, 1.82) is 5.26 Å². The quantitative estimate of drug-likeness (QED) is 0.791. The zero-order chi connectivity index (χ0) is 10.6. The van der Waals surface area contributed by atoms with Crippen molar-refractivity contribution < 1.29 is 0 Å². The van der Waals surface area contributed by atoms with E-state index in [2.05, 4.69) is 25.2 Å². The lowest BCUT2D eigenvalue weighted by molar-refractivity contribution is 0.763. The Morgan fingerprint density at radius 3 is 2.79 bits per heavy atom. The molecule has 2 heteroatoms. The molecule has 14 heavy (non-hydrogen) atoms. The second-order valence-electron chi connectivity index (χ2n) is 3.61. The normalized spacial score (nSPS) is 11.9. The smallest absolute Gasteiger partial charge is 0.101 e. The molecule has 0 aromatic heterocycles. The van der Waals surface area contributed by atoms with Crippen molar-refractivity contribution in [2.45, 2.75) is 33.2 Å². The summed E-state index contributed by atoms with van der Waals surface area (Å²) in [6.45, 7) is 6.23. The maximum absolute atomic E-state index is 8.94. The van der Waals surface area contributed by atoms with Gasteiger partial charge >= 0.3 is 0 Å². The first-order valence-corrected chi connectivity index (χ1v) is 4.94. The number of benzene rings is 1. The van der Waals surface area contributed by atoms with Crippen LogP contribution in [0.2, 0.25) is 0 Å². The number of rotatable bonds is 3. The summed E-state index contributed by atoms with van der Waals surface area (Å²) in [6.07, 6.45) is 1.05. The van der Waals surface area contributed by atoms with Crippen LogP contribution in [0.25, 0.3) is 0 Å². The predicted octanol–water partition coefficient (Wildman–Crippen LogP) is 3.08. The van der Waals surface area contributed by atoms with Crippen LogP contribution in [0, 0.1) is 18.3 Å². The number of anilines is 1. The molecule has 0 amide bonds. The van der Waals surface area contributed by atoms with Crippen LogP contribution in [0.4, 0.5) is 5.69 Å². The van der Waals surface area contributed by atoms with E-state index in [-0.39, 0.29) is 0 Å². The van der Waals surface area contributed by atoms with Crippen LogP contribution >= 0.6 is 0 Å². The van der Waals surface area contributed by atoms with Crippen LogP contribution in [-0.2, 0) is 0 Å². The topological polar surface area (TPSA) is 35.8 Å². The molecule has 1 aromatic rings. The molecular formula is C12H16N2. The van der Waals surface area contributed by atoms with E-state index in [1.165, 1.54) is 0 Å². The highest BCUT2D eigenvalue weighted by atomic mass is 14.9. The first-order chi connectivity index (χ1) is 6.67. The molecule has 0 saturated carbocycles. The Bertz CT molecular complexity index is 350. The maximum Gasteiger partial charge on any atom is 0.101 e. The maximum atomic E-state index is 8.94. The van der Waals surface area contributed by atoms with Crippen LogP contribution in [-0.4, -0.2) is 6.04 Å². The van der Waals surface area contributed by atoms with Gasteiger partial charge in [-0.15, -0.1) is 0 Å². The fraction of sp³-hybridized carbons (Fsp3) is 0.417. The number of nitriles is 1. The van der Waals surface area contributed by atoms with Crippen molar-refractivity contribution in [3.8, 4) is 6.07 Å². The summed E-state index contributed by atoms with van der Waals surface area (Å²) in [7, 11) is 0. The molecule has 1 N–H and O–H groups in total. The minimum atomic E-state index is 0.407. The third-order valence-corrected chi connectivity index (χ3v) is 2.31. The Hall–Kier alpha value is -1.49. The molecule has 0 spiro atoms. The molecule has 0 aliphatic carbocycles. The van der Waals surface area contributed by atoms with Crippen LogP contribution in [0.3, 0.4) is 0 Å². The Morgan fingerprint density at radius 1 is 1.50 bits per heavy atom. The van der Waals surface area contributed by atoms with Gasteiger partial charge in [0.2, 0.25) is 0 Å². The van der Waals surface area contributed by atoms with Crippen LogP contribution in [0.5, 0.6) is 0 Å². The lowest BCUT2D eigenvalue weighted by Gasteiger charge is -2.14. The first-order valence-electron chi connectivity index (χ1n) is 4.94. The number of hydrogen-bond acceptors (Lipinski definition) is 2. The van der Waals surface area contributed by atoms with E-state index in [0.717, 1.165) is 23.2 Å². The molecule has 0 fully saturated rings. The molecule has 1 unspecified atom stereocenters. The fourth-order valence-electron chi connectivity index (χ4n) is 1.24. The third kappa shape index (κ3) is 2.50. The summed E-state index contributed by atoms with van der Waals surface area (Å²) < 4.78 is 0. The van der Waals surface area contributed by atoms with Crippen molar-refractivity contribution in [1.82, 2.24) is 0 Å². The van der Waals surface area contributed by atoms with E-state index in [0.29, 0.717) is 6.04 Å². The standard InChI is InChI=1S/C12H16N2/c1-4-10(3)14-12-6-5-9(2)7-11(12)8-13/h5-7,10,14H,4H2,1-3H3. The van der Waals surface area contributed by atoms with Crippen molar-refractivity contribution in [2.24, 2.45) is 0 Å². The Morgan fingerprint density at radius 2 is 2.21 bits per heavy atom. The van der Waals surface area contributed by atoms with Gasteiger partial charge in [-0.2, -0.15) is 5.26 Å². The van der Waals surface area contributed by atoms with Gasteiger partial charge in [-0.1, -0.05) is 13.0 Å². The third-order valence-electron chi connectivity index (χ3n) is 2.31. The average molecular weight is 188 g/mol. The van der Waals surface area contributed by atoms with Crippen molar-refractivity contribution >= 4 is 5.69 Å². The summed E-state index contributed by atoms with van der Waals surface area (Å²) >= 11 is 0. The summed E-state index contributed by atoms with van der Waals surface area (Å²) in [6, 6.07) is 8.51. The molecule has 1 aromatic carbocycles. The van der Waals surface area contributed by atoms with Gasteiger partial charge in [0.1, 0.15) is 6.07 Å². The summed E-state index contributed by atoms with van der Waals surface area (Å²) in [4.78, 5) is 0. The zero-order valence-electron chi connectivity index (χ0n) is 8.96. The Kier molecular flexibility index (Phi) is 3.53. The minimum Gasteiger partial charge on any atom is -0.382 e. The minimum absolute atomic E-state index is 0.407. The first kappa shape index (κ1) is 10.6. The second-order valence-corrected chi connectivity index (χ2v) is 3.61. The second kappa shape index (κ2) is 4.66. The largest absolute Gasteiger partial charge is 0.382 e. The monoisotopic (exact) mass is 188 g/mol. The van der Waals surface area contributed by atoms with Crippen molar-refractivity contribution in [2.75, 3.05) is 5.32 Å². The Balaban J connectivity index is 2.92. The zero-order valence-corrected chi connectivity index (χ0v) is 8.96. The Labute approximate surface area is 85.6 Å². The molecule has 1 rings (SSSR count). The van der Waals surface area contributed by atoms with E-state index < -0.39 is 0 Å². The molecule has 0 heterocycles. The molecule has 1 atom stereocenters. The highest BCUT2D eigenvalue weighted by Crippen LogP contribution is 2.17. The number of nitrogens with one attached hydrogen (secondary N) is 1. The summed E-state index contributed by atoms with van der Waals surface area (Å²) in [5.41, 5.74) is 2.79. The van der Waals surface area contributed by atoms with E-state index >= 15 is 0 Å². The SMILES string of the molecule is CCC(C)Nc1ccc(C)cc1C#N. The van der Waals surface area contributed by atoms with Crippen molar-refractivity contribution in [3.63, 3.8) is 0 Å². The average Bonchev–Trinajstić information content (AvgIpc) is 2.20. The molecule has 2 nitrogen and oxygen atoms in total. The molecule has 0 bridgehead atoms. The fourth-order valence-corrected chi connectivity index (χ4v) is 1.24. The van der Waals surface area contributed by atoms with E-state index in [4.69, 9.17) is 5.26 Å². The molecular weight excluding hydrogens is 172 g/mol. The summed E-state index contributed by atoms with van der Waals surface area (Å²) in [5, 5.41) is 12.3.